The second-order valence-electron chi connectivity index (χ2n) is 4.68. The van der Waals surface area contributed by atoms with Gasteiger partial charge in [-0.05, 0) is 19.8 Å². The summed E-state index contributed by atoms with van der Waals surface area (Å²) in [5.41, 5.74) is -1.21. The molecule has 0 unspecified atom stereocenters. The Hall–Kier alpha value is -0.460. The molecular formula is C9H15F6N. The largest absolute Gasteiger partial charge is 0.405 e. The highest BCUT2D eigenvalue weighted by Crippen LogP contribution is 2.59. The van der Waals surface area contributed by atoms with E-state index in [1.807, 2.05) is 0 Å². The van der Waals surface area contributed by atoms with E-state index in [-0.39, 0.29) is 0 Å². The molecule has 0 radical (unpaired) electrons. The third-order valence-electron chi connectivity index (χ3n) is 2.78. The summed E-state index contributed by atoms with van der Waals surface area (Å²) in [6.45, 7) is 3.23. The van der Waals surface area contributed by atoms with Crippen LogP contribution in [0.1, 0.15) is 27.7 Å². The number of alkyl halides is 6. The molecule has 0 aliphatic heterocycles. The first-order chi connectivity index (χ1) is 6.69. The van der Waals surface area contributed by atoms with Gasteiger partial charge in [-0.2, -0.15) is 26.3 Å². The number of rotatable bonds is 2. The number of hydrogen-bond donors (Lipinski definition) is 1. The Bertz CT molecular complexity index is 208. The molecule has 0 saturated carbocycles. The number of nitrogens with two attached hydrogens (primary N) is 1. The fourth-order valence-electron chi connectivity index (χ4n) is 2.29. The lowest BCUT2D eigenvalue weighted by Crippen LogP contribution is -2.68. The predicted octanol–water partition coefficient (Wildman–Crippen LogP) is 3.49. The molecule has 0 saturated heterocycles. The normalized spacial score (nSPS) is 15.8. The smallest absolute Gasteiger partial charge is 0.324 e. The van der Waals surface area contributed by atoms with Crippen molar-refractivity contribution < 1.29 is 26.3 Å². The zero-order valence-electron chi connectivity index (χ0n) is 9.42. The van der Waals surface area contributed by atoms with Crippen molar-refractivity contribution in [1.82, 2.24) is 0 Å². The molecule has 0 atom stereocenters. The van der Waals surface area contributed by atoms with Crippen molar-refractivity contribution in [2.75, 3.05) is 0 Å². The van der Waals surface area contributed by atoms with E-state index < -0.39 is 29.2 Å². The quantitative estimate of drug-likeness (QED) is 0.747. The fraction of sp³-hybridized carbons (Fsp3) is 1.00. The van der Waals surface area contributed by atoms with Gasteiger partial charge in [-0.1, -0.05) is 13.8 Å². The van der Waals surface area contributed by atoms with Crippen LogP contribution < -0.4 is 5.73 Å². The molecule has 0 spiro atoms. The molecule has 0 rings (SSSR count). The van der Waals surface area contributed by atoms with Crippen molar-refractivity contribution in [2.24, 2.45) is 17.1 Å². The van der Waals surface area contributed by atoms with Gasteiger partial charge in [0.15, 0.2) is 5.41 Å². The Kier molecular flexibility index (Phi) is 3.68. The first kappa shape index (κ1) is 15.5. The van der Waals surface area contributed by atoms with Gasteiger partial charge in [-0.25, -0.2) is 0 Å². The van der Waals surface area contributed by atoms with E-state index in [1.54, 1.807) is 0 Å². The van der Waals surface area contributed by atoms with Crippen LogP contribution in [0.5, 0.6) is 0 Å². The lowest BCUT2D eigenvalue weighted by molar-refractivity contribution is -0.373. The van der Waals surface area contributed by atoms with Crippen LogP contribution in [0.3, 0.4) is 0 Å². The third-order valence-corrected chi connectivity index (χ3v) is 2.78. The van der Waals surface area contributed by atoms with E-state index in [9.17, 15) is 26.3 Å². The van der Waals surface area contributed by atoms with E-state index in [2.05, 4.69) is 0 Å². The van der Waals surface area contributed by atoms with Crippen molar-refractivity contribution in [3.05, 3.63) is 0 Å². The van der Waals surface area contributed by atoms with Gasteiger partial charge in [0.2, 0.25) is 0 Å². The van der Waals surface area contributed by atoms with E-state index in [1.165, 1.54) is 0 Å². The van der Waals surface area contributed by atoms with Crippen LogP contribution in [-0.2, 0) is 0 Å². The molecule has 2 N–H and O–H groups in total. The lowest BCUT2D eigenvalue weighted by Gasteiger charge is -2.49. The summed E-state index contributed by atoms with van der Waals surface area (Å²) < 4.78 is 76.9. The van der Waals surface area contributed by atoms with Gasteiger partial charge in [-0.15, -0.1) is 0 Å². The standard InChI is InChI=1S/C9H15F6N/c1-5(2)7(6(3,4)16,8(10,11)12)9(13,14)15/h5H,16H2,1-4H3. The summed E-state index contributed by atoms with van der Waals surface area (Å²) in [5.74, 6) is -1.70. The van der Waals surface area contributed by atoms with Crippen LogP contribution in [0.15, 0.2) is 0 Å². The molecule has 0 fully saturated rings. The van der Waals surface area contributed by atoms with Gasteiger partial charge in [0.25, 0.3) is 0 Å². The SMILES string of the molecule is CC(C)C(C(C)(C)N)(C(F)(F)F)C(F)(F)F. The van der Waals surface area contributed by atoms with Crippen LogP contribution in [0, 0.1) is 11.3 Å². The molecule has 98 valence electrons. The molecule has 0 aliphatic rings. The van der Waals surface area contributed by atoms with Crippen molar-refractivity contribution in [3.8, 4) is 0 Å². The average Bonchev–Trinajstić information content (AvgIpc) is 1.71. The maximum Gasteiger partial charge on any atom is 0.405 e. The van der Waals surface area contributed by atoms with Crippen molar-refractivity contribution in [2.45, 2.75) is 45.6 Å². The van der Waals surface area contributed by atoms with Crippen molar-refractivity contribution >= 4 is 0 Å². The minimum absolute atomic E-state index is 0.744. The number of halogens is 6. The first-order valence-electron chi connectivity index (χ1n) is 4.62. The molecule has 0 aromatic rings. The predicted molar refractivity (Wildman–Crippen MR) is 47.6 cm³/mol. The molecule has 0 aromatic heterocycles. The van der Waals surface area contributed by atoms with Gasteiger partial charge >= 0.3 is 12.4 Å². The zero-order chi connectivity index (χ0) is 13.6. The molecule has 0 bridgehead atoms. The van der Waals surface area contributed by atoms with E-state index >= 15 is 0 Å². The lowest BCUT2D eigenvalue weighted by atomic mass is 9.63. The third kappa shape index (κ3) is 2.01. The monoisotopic (exact) mass is 251 g/mol. The molecule has 0 aromatic carbocycles. The van der Waals surface area contributed by atoms with Crippen LogP contribution in [0.4, 0.5) is 26.3 Å². The summed E-state index contributed by atoms with van der Waals surface area (Å²) in [5, 5.41) is 0. The number of hydrogen-bond acceptors (Lipinski definition) is 1. The second kappa shape index (κ2) is 3.78. The van der Waals surface area contributed by atoms with E-state index in [0.717, 1.165) is 27.7 Å². The maximum atomic E-state index is 12.8. The second-order valence-corrected chi connectivity index (χ2v) is 4.68. The molecule has 16 heavy (non-hydrogen) atoms. The summed E-state index contributed by atoms with van der Waals surface area (Å²) >= 11 is 0. The molecule has 7 heteroatoms. The van der Waals surface area contributed by atoms with Gasteiger partial charge in [0, 0.05) is 5.54 Å². The van der Waals surface area contributed by atoms with Crippen molar-refractivity contribution in [1.29, 1.82) is 0 Å². The van der Waals surface area contributed by atoms with Gasteiger partial charge in [0.1, 0.15) is 0 Å². The maximum absolute atomic E-state index is 12.8. The van der Waals surface area contributed by atoms with E-state index in [4.69, 9.17) is 5.73 Å². The fourth-order valence-corrected chi connectivity index (χ4v) is 2.29. The molecule has 0 heterocycles. The van der Waals surface area contributed by atoms with Crippen LogP contribution in [0.25, 0.3) is 0 Å². The highest BCUT2D eigenvalue weighted by atomic mass is 19.4. The molecular weight excluding hydrogens is 236 g/mol. The van der Waals surface area contributed by atoms with Crippen molar-refractivity contribution in [3.63, 3.8) is 0 Å². The minimum Gasteiger partial charge on any atom is -0.324 e. The Morgan fingerprint density at radius 1 is 0.812 bits per heavy atom. The molecule has 0 aliphatic carbocycles. The van der Waals surface area contributed by atoms with Gasteiger partial charge in [0.05, 0.1) is 0 Å². The molecule has 1 nitrogen and oxygen atoms in total. The summed E-state index contributed by atoms with van der Waals surface area (Å²) in [6, 6.07) is 0. The highest BCUT2D eigenvalue weighted by molar-refractivity contribution is 5.08. The summed E-state index contributed by atoms with van der Waals surface area (Å²) in [7, 11) is 0. The summed E-state index contributed by atoms with van der Waals surface area (Å²) in [6.07, 6.45) is -10.9. The Labute approximate surface area is 90.0 Å². The topological polar surface area (TPSA) is 26.0 Å². The van der Waals surface area contributed by atoms with Crippen LogP contribution in [-0.4, -0.2) is 17.9 Å². The highest BCUT2D eigenvalue weighted by Gasteiger charge is 2.77. The van der Waals surface area contributed by atoms with E-state index in [0.29, 0.717) is 0 Å². The summed E-state index contributed by atoms with van der Waals surface area (Å²) in [4.78, 5) is 0. The minimum atomic E-state index is -5.45. The average molecular weight is 251 g/mol. The van der Waals surface area contributed by atoms with Crippen LogP contribution in [0.2, 0.25) is 0 Å². The van der Waals surface area contributed by atoms with Gasteiger partial charge < -0.3 is 5.73 Å². The first-order valence-corrected chi connectivity index (χ1v) is 4.62. The Morgan fingerprint density at radius 2 is 1.06 bits per heavy atom. The Balaban J connectivity index is 6.05. The zero-order valence-corrected chi connectivity index (χ0v) is 9.42. The Morgan fingerprint density at radius 3 is 1.06 bits per heavy atom. The molecule has 0 amide bonds. The van der Waals surface area contributed by atoms with Gasteiger partial charge in [-0.3, -0.25) is 0 Å². The van der Waals surface area contributed by atoms with Crippen LogP contribution >= 0.6 is 0 Å².